The van der Waals surface area contributed by atoms with Crippen LogP contribution in [0.15, 0.2) is 24.3 Å². The highest BCUT2D eigenvalue weighted by Gasteiger charge is 1.98. The minimum atomic E-state index is 0.848. The van der Waals surface area contributed by atoms with Crippen LogP contribution < -0.4 is 0 Å². The monoisotopic (exact) mass is 199 g/mol. The Morgan fingerprint density at radius 2 is 1.69 bits per heavy atom. The van der Waals surface area contributed by atoms with Crippen molar-refractivity contribution in [2.45, 2.75) is 20.4 Å². The summed E-state index contributed by atoms with van der Waals surface area (Å²) in [5.41, 5.74) is 1.18. The van der Waals surface area contributed by atoms with Gasteiger partial charge in [0.1, 0.15) is 0 Å². The third-order valence-electron chi connectivity index (χ3n) is 1.44. The van der Waals surface area contributed by atoms with Crippen LogP contribution in [0, 0.1) is 0 Å². The van der Waals surface area contributed by atoms with Gasteiger partial charge < -0.3 is 4.90 Å². The Kier molecular flexibility index (Phi) is 6.65. The van der Waals surface area contributed by atoms with Gasteiger partial charge in [-0.2, -0.15) is 0 Å². The zero-order valence-electron chi connectivity index (χ0n) is 8.84. The number of hydrogen-bond donors (Lipinski definition) is 0. The van der Waals surface area contributed by atoms with Crippen molar-refractivity contribution < 1.29 is 0 Å². The molecule has 0 fully saturated rings. The first-order chi connectivity index (χ1) is 6.20. The van der Waals surface area contributed by atoms with Gasteiger partial charge in [0.05, 0.1) is 0 Å². The van der Waals surface area contributed by atoms with Crippen molar-refractivity contribution in [2.75, 3.05) is 14.1 Å². The first-order valence-corrected chi connectivity index (χ1v) is 4.96. The van der Waals surface area contributed by atoms with Crippen LogP contribution in [0.5, 0.6) is 0 Å². The molecule has 2 heteroatoms. The fraction of sp³-hybridized carbons (Fsp3) is 0.455. The van der Waals surface area contributed by atoms with Crippen LogP contribution >= 0.6 is 11.6 Å². The molecular weight excluding hydrogens is 182 g/mol. The highest BCUT2D eigenvalue weighted by atomic mass is 35.5. The van der Waals surface area contributed by atoms with E-state index in [1.165, 1.54) is 5.56 Å². The van der Waals surface area contributed by atoms with Gasteiger partial charge in [0.25, 0.3) is 0 Å². The lowest BCUT2D eigenvalue weighted by Gasteiger charge is -2.10. The summed E-state index contributed by atoms with van der Waals surface area (Å²) in [6.45, 7) is 4.90. The summed E-state index contributed by atoms with van der Waals surface area (Å²) in [5, 5.41) is 0.848. The fourth-order valence-electron chi connectivity index (χ4n) is 0.967. The molecule has 0 radical (unpaired) electrons. The van der Waals surface area contributed by atoms with Gasteiger partial charge in [-0.15, -0.1) is 0 Å². The highest BCUT2D eigenvalue weighted by Crippen LogP contribution is 2.15. The van der Waals surface area contributed by atoms with E-state index in [-0.39, 0.29) is 0 Å². The summed E-state index contributed by atoms with van der Waals surface area (Å²) in [5.74, 6) is 0. The van der Waals surface area contributed by atoms with Crippen LogP contribution in [0.2, 0.25) is 5.02 Å². The second kappa shape index (κ2) is 6.93. The fourth-order valence-corrected chi connectivity index (χ4v) is 1.16. The van der Waals surface area contributed by atoms with Crippen LogP contribution in [0.4, 0.5) is 0 Å². The summed E-state index contributed by atoms with van der Waals surface area (Å²) in [7, 11) is 4.06. The molecule has 1 nitrogen and oxygen atoms in total. The van der Waals surface area contributed by atoms with Crippen molar-refractivity contribution in [3.05, 3.63) is 34.9 Å². The van der Waals surface area contributed by atoms with Crippen molar-refractivity contribution >= 4 is 11.6 Å². The van der Waals surface area contributed by atoms with E-state index in [0.717, 1.165) is 11.6 Å². The van der Waals surface area contributed by atoms with Gasteiger partial charge >= 0.3 is 0 Å². The quantitative estimate of drug-likeness (QED) is 0.706. The van der Waals surface area contributed by atoms with Gasteiger partial charge in [-0.25, -0.2) is 0 Å². The maximum Gasteiger partial charge on any atom is 0.0451 e. The summed E-state index contributed by atoms with van der Waals surface area (Å²) >= 11 is 5.94. The Morgan fingerprint density at radius 1 is 1.15 bits per heavy atom. The van der Waals surface area contributed by atoms with E-state index in [0.29, 0.717) is 0 Å². The molecule has 0 aromatic heterocycles. The van der Waals surface area contributed by atoms with Gasteiger partial charge in [0.2, 0.25) is 0 Å². The zero-order valence-corrected chi connectivity index (χ0v) is 9.60. The molecule has 0 saturated carbocycles. The van der Waals surface area contributed by atoms with E-state index >= 15 is 0 Å². The topological polar surface area (TPSA) is 3.24 Å². The Labute approximate surface area is 86.3 Å². The average molecular weight is 200 g/mol. The molecule has 1 aromatic carbocycles. The van der Waals surface area contributed by atoms with Crippen LogP contribution in [0.25, 0.3) is 0 Å². The largest absolute Gasteiger partial charge is 0.305 e. The average Bonchev–Trinajstić information content (AvgIpc) is 2.12. The molecule has 0 aliphatic carbocycles. The van der Waals surface area contributed by atoms with E-state index < -0.39 is 0 Å². The van der Waals surface area contributed by atoms with Crippen LogP contribution in [-0.2, 0) is 6.54 Å². The van der Waals surface area contributed by atoms with Gasteiger partial charge in [0, 0.05) is 11.6 Å². The first-order valence-electron chi connectivity index (χ1n) is 4.58. The Balaban J connectivity index is 0.000000671. The predicted molar refractivity (Wildman–Crippen MR) is 60.2 cm³/mol. The van der Waals surface area contributed by atoms with E-state index in [2.05, 4.69) is 4.90 Å². The molecule has 0 aliphatic rings. The number of hydrogen-bond acceptors (Lipinski definition) is 1. The molecule has 0 saturated heterocycles. The van der Waals surface area contributed by atoms with Crippen molar-refractivity contribution in [1.82, 2.24) is 4.90 Å². The molecule has 74 valence electrons. The maximum absolute atomic E-state index is 5.94. The molecule has 13 heavy (non-hydrogen) atoms. The molecule has 1 rings (SSSR count). The van der Waals surface area contributed by atoms with Crippen molar-refractivity contribution in [2.24, 2.45) is 0 Å². The number of halogens is 1. The number of benzene rings is 1. The molecule has 0 atom stereocenters. The normalized spacial score (nSPS) is 9.38. The van der Waals surface area contributed by atoms with Crippen molar-refractivity contribution in [1.29, 1.82) is 0 Å². The summed E-state index contributed by atoms with van der Waals surface area (Å²) in [6.07, 6.45) is 0. The van der Waals surface area contributed by atoms with Crippen LogP contribution in [0.1, 0.15) is 19.4 Å². The van der Waals surface area contributed by atoms with E-state index in [9.17, 15) is 0 Å². The van der Waals surface area contributed by atoms with Gasteiger partial charge in [-0.1, -0.05) is 43.6 Å². The molecule has 0 heterocycles. The second-order valence-electron chi connectivity index (χ2n) is 2.83. The molecule has 0 bridgehead atoms. The van der Waals surface area contributed by atoms with Crippen LogP contribution in [-0.4, -0.2) is 19.0 Å². The van der Waals surface area contributed by atoms with E-state index in [4.69, 9.17) is 11.6 Å². The molecular formula is C11H18ClN. The lowest BCUT2D eigenvalue weighted by atomic mass is 10.2. The number of nitrogens with zero attached hydrogens (tertiary/aromatic N) is 1. The Bertz CT molecular complexity index is 233. The zero-order chi connectivity index (χ0) is 10.3. The molecule has 0 aliphatic heterocycles. The Morgan fingerprint density at radius 3 is 2.15 bits per heavy atom. The van der Waals surface area contributed by atoms with Gasteiger partial charge in [-0.05, 0) is 25.7 Å². The van der Waals surface area contributed by atoms with Gasteiger partial charge in [-0.3, -0.25) is 0 Å². The summed E-state index contributed by atoms with van der Waals surface area (Å²) < 4.78 is 0. The van der Waals surface area contributed by atoms with E-state index in [1.807, 2.05) is 52.2 Å². The van der Waals surface area contributed by atoms with E-state index in [1.54, 1.807) is 0 Å². The number of rotatable bonds is 2. The SMILES string of the molecule is CC.CN(C)Cc1ccccc1Cl. The molecule has 0 N–H and O–H groups in total. The third kappa shape index (κ3) is 4.91. The highest BCUT2D eigenvalue weighted by molar-refractivity contribution is 6.31. The molecule has 0 amide bonds. The lowest BCUT2D eigenvalue weighted by molar-refractivity contribution is 0.402. The smallest absolute Gasteiger partial charge is 0.0451 e. The van der Waals surface area contributed by atoms with Crippen molar-refractivity contribution in [3.63, 3.8) is 0 Å². The summed E-state index contributed by atoms with van der Waals surface area (Å²) in [6, 6.07) is 7.91. The standard InChI is InChI=1S/C9H12ClN.C2H6/c1-11(2)7-8-5-3-4-6-9(8)10;1-2/h3-6H,7H2,1-2H3;1-2H3. The lowest BCUT2D eigenvalue weighted by Crippen LogP contribution is -2.10. The second-order valence-corrected chi connectivity index (χ2v) is 3.24. The maximum atomic E-state index is 5.94. The molecule has 1 aromatic rings. The Hall–Kier alpha value is -0.530. The van der Waals surface area contributed by atoms with Crippen molar-refractivity contribution in [3.8, 4) is 0 Å². The minimum absolute atomic E-state index is 0.848. The summed E-state index contributed by atoms with van der Waals surface area (Å²) in [4.78, 5) is 2.10. The predicted octanol–water partition coefficient (Wildman–Crippen LogP) is 3.43. The first kappa shape index (κ1) is 12.5. The molecule has 0 spiro atoms. The van der Waals surface area contributed by atoms with Gasteiger partial charge in [0.15, 0.2) is 0 Å². The molecule has 0 unspecified atom stereocenters. The minimum Gasteiger partial charge on any atom is -0.305 e. The third-order valence-corrected chi connectivity index (χ3v) is 1.81. The van der Waals surface area contributed by atoms with Crippen LogP contribution in [0.3, 0.4) is 0 Å².